The third kappa shape index (κ3) is 4.82. The van der Waals surface area contributed by atoms with Crippen LogP contribution in [0.1, 0.15) is 75.4 Å². The monoisotopic (exact) mass is 390 g/mol. The summed E-state index contributed by atoms with van der Waals surface area (Å²) in [6.45, 7) is 11.4. The van der Waals surface area contributed by atoms with E-state index in [1.807, 2.05) is 32.0 Å². The summed E-state index contributed by atoms with van der Waals surface area (Å²) >= 11 is 0. The molecule has 1 aromatic rings. The van der Waals surface area contributed by atoms with Gasteiger partial charge in [-0.25, -0.2) is 9.80 Å². The molecule has 0 saturated carbocycles. The van der Waals surface area contributed by atoms with E-state index in [1.54, 1.807) is 27.7 Å². The number of ether oxygens (including phenoxy) is 2. The van der Waals surface area contributed by atoms with Gasteiger partial charge in [0.1, 0.15) is 5.60 Å². The maximum absolute atomic E-state index is 12.8. The van der Waals surface area contributed by atoms with Gasteiger partial charge in [-0.1, -0.05) is 32.0 Å². The number of hydrogen-bond donors (Lipinski definition) is 1. The fraction of sp³-hybridized carbons (Fsp3) is 0.571. The van der Waals surface area contributed by atoms with Gasteiger partial charge in [0.15, 0.2) is 0 Å². The van der Waals surface area contributed by atoms with E-state index in [-0.39, 0.29) is 30.3 Å². The predicted octanol–water partition coefficient (Wildman–Crippen LogP) is 3.77. The van der Waals surface area contributed by atoms with E-state index in [2.05, 4.69) is 5.43 Å². The standard InChI is InChI=1S/C21H30N2O5/c1-7-15(13(3)19(25)27-8-2)16-11-9-10-14-12-23(22-18(24)17(14)16)20(26)28-21(4,5)6/h9-11,13,15H,7-8,12H2,1-6H3,(H,22,24). The number of nitrogens with one attached hydrogen (secondary N) is 1. The highest BCUT2D eigenvalue weighted by molar-refractivity contribution is 5.99. The second-order valence-corrected chi connectivity index (χ2v) is 7.94. The van der Waals surface area contributed by atoms with E-state index in [0.717, 1.165) is 11.1 Å². The van der Waals surface area contributed by atoms with Gasteiger partial charge in [-0.2, -0.15) is 0 Å². The van der Waals surface area contributed by atoms with Gasteiger partial charge < -0.3 is 9.47 Å². The van der Waals surface area contributed by atoms with Gasteiger partial charge in [0.25, 0.3) is 5.91 Å². The molecule has 2 atom stereocenters. The third-order valence-electron chi connectivity index (χ3n) is 4.69. The van der Waals surface area contributed by atoms with Crippen molar-refractivity contribution in [3.05, 3.63) is 34.9 Å². The molecule has 28 heavy (non-hydrogen) atoms. The quantitative estimate of drug-likeness (QED) is 0.774. The average molecular weight is 390 g/mol. The van der Waals surface area contributed by atoms with Gasteiger partial charge in [-0.3, -0.25) is 15.0 Å². The number of benzene rings is 1. The number of carbonyl (C=O) groups excluding carboxylic acids is 3. The van der Waals surface area contributed by atoms with Crippen LogP contribution in [0.3, 0.4) is 0 Å². The summed E-state index contributed by atoms with van der Waals surface area (Å²) in [5, 5.41) is 1.18. The Bertz CT molecular complexity index is 754. The van der Waals surface area contributed by atoms with Crippen LogP contribution in [0.4, 0.5) is 4.79 Å². The van der Waals surface area contributed by atoms with E-state index in [9.17, 15) is 14.4 Å². The molecule has 2 unspecified atom stereocenters. The minimum atomic E-state index is -0.660. The van der Waals surface area contributed by atoms with Crippen LogP contribution >= 0.6 is 0 Å². The van der Waals surface area contributed by atoms with Crippen molar-refractivity contribution in [2.75, 3.05) is 6.61 Å². The van der Waals surface area contributed by atoms with Crippen molar-refractivity contribution in [1.82, 2.24) is 10.4 Å². The molecule has 1 aromatic carbocycles. The lowest BCUT2D eigenvalue weighted by Crippen LogP contribution is -2.51. The van der Waals surface area contributed by atoms with Crippen LogP contribution in [0.2, 0.25) is 0 Å². The van der Waals surface area contributed by atoms with Crippen molar-refractivity contribution in [2.45, 2.75) is 66.0 Å². The van der Waals surface area contributed by atoms with Gasteiger partial charge in [0.2, 0.25) is 0 Å². The van der Waals surface area contributed by atoms with Crippen molar-refractivity contribution in [3.8, 4) is 0 Å². The Morgan fingerprint density at radius 1 is 1.25 bits per heavy atom. The molecular formula is C21H30N2O5. The first-order chi connectivity index (χ1) is 13.1. The Kier molecular flexibility index (Phi) is 6.69. The lowest BCUT2D eigenvalue weighted by atomic mass is 9.81. The minimum absolute atomic E-state index is 0.159. The maximum Gasteiger partial charge on any atom is 0.429 e. The lowest BCUT2D eigenvalue weighted by molar-refractivity contribution is -0.148. The summed E-state index contributed by atoms with van der Waals surface area (Å²) < 4.78 is 10.5. The SMILES string of the molecule is CCOC(=O)C(C)C(CC)c1cccc2c1C(=O)NN(C(=O)OC(C)(C)C)C2. The molecule has 1 heterocycles. The molecule has 2 amide bonds. The van der Waals surface area contributed by atoms with Gasteiger partial charge >= 0.3 is 12.1 Å². The molecule has 0 aromatic heterocycles. The molecule has 1 N–H and O–H groups in total. The zero-order valence-electron chi connectivity index (χ0n) is 17.5. The van der Waals surface area contributed by atoms with Crippen molar-refractivity contribution in [3.63, 3.8) is 0 Å². The van der Waals surface area contributed by atoms with E-state index in [1.165, 1.54) is 5.01 Å². The molecule has 7 heteroatoms. The van der Waals surface area contributed by atoms with Crippen LogP contribution in [0.15, 0.2) is 18.2 Å². The number of esters is 1. The number of hydrazine groups is 1. The predicted molar refractivity (Wildman–Crippen MR) is 105 cm³/mol. The summed E-state index contributed by atoms with van der Waals surface area (Å²) in [4.78, 5) is 37.4. The number of fused-ring (bicyclic) bond motifs is 1. The molecule has 1 aliphatic heterocycles. The van der Waals surface area contributed by atoms with Gasteiger partial charge in [-0.05, 0) is 51.2 Å². The summed E-state index contributed by atoms with van der Waals surface area (Å²) in [6.07, 6.45) is 0.0725. The average Bonchev–Trinajstić information content (AvgIpc) is 2.60. The molecule has 1 aliphatic rings. The highest BCUT2D eigenvalue weighted by Gasteiger charge is 2.34. The van der Waals surface area contributed by atoms with Crippen LogP contribution in [0.5, 0.6) is 0 Å². The topological polar surface area (TPSA) is 84.9 Å². The second-order valence-electron chi connectivity index (χ2n) is 7.94. The molecule has 2 rings (SSSR count). The van der Waals surface area contributed by atoms with Crippen molar-refractivity contribution in [2.24, 2.45) is 5.92 Å². The first kappa shape index (κ1) is 21.7. The second kappa shape index (κ2) is 8.63. The molecule has 0 radical (unpaired) electrons. The summed E-state index contributed by atoms with van der Waals surface area (Å²) in [5.74, 6) is -1.20. The lowest BCUT2D eigenvalue weighted by Gasteiger charge is -2.33. The molecule has 7 nitrogen and oxygen atoms in total. The minimum Gasteiger partial charge on any atom is -0.466 e. The first-order valence-corrected chi connectivity index (χ1v) is 9.68. The Balaban J connectivity index is 2.34. The normalized spacial score (nSPS) is 15.9. The zero-order valence-corrected chi connectivity index (χ0v) is 17.5. The number of amides is 2. The number of nitrogens with zero attached hydrogens (tertiary/aromatic N) is 1. The number of hydrogen-bond acceptors (Lipinski definition) is 5. The van der Waals surface area contributed by atoms with Crippen LogP contribution in [-0.4, -0.2) is 35.2 Å². The van der Waals surface area contributed by atoms with E-state index in [0.29, 0.717) is 18.6 Å². The molecule has 0 saturated heterocycles. The van der Waals surface area contributed by atoms with Crippen LogP contribution in [0.25, 0.3) is 0 Å². The Labute approximate surface area is 166 Å². The highest BCUT2D eigenvalue weighted by atomic mass is 16.6. The molecule has 0 aliphatic carbocycles. The Morgan fingerprint density at radius 3 is 2.50 bits per heavy atom. The fourth-order valence-corrected chi connectivity index (χ4v) is 3.43. The van der Waals surface area contributed by atoms with Crippen LogP contribution < -0.4 is 5.43 Å². The van der Waals surface area contributed by atoms with E-state index >= 15 is 0 Å². The van der Waals surface area contributed by atoms with Crippen LogP contribution in [-0.2, 0) is 20.8 Å². The Morgan fingerprint density at radius 2 is 1.93 bits per heavy atom. The van der Waals surface area contributed by atoms with Gasteiger partial charge in [-0.15, -0.1) is 0 Å². The molecule has 0 fully saturated rings. The first-order valence-electron chi connectivity index (χ1n) is 9.68. The third-order valence-corrected chi connectivity index (χ3v) is 4.69. The summed E-state index contributed by atoms with van der Waals surface area (Å²) in [6, 6.07) is 5.53. The number of carbonyl (C=O) groups is 3. The zero-order chi connectivity index (χ0) is 21.1. The van der Waals surface area contributed by atoms with Crippen molar-refractivity contribution in [1.29, 1.82) is 0 Å². The van der Waals surface area contributed by atoms with Gasteiger partial charge in [0, 0.05) is 5.56 Å². The molecular weight excluding hydrogens is 360 g/mol. The van der Waals surface area contributed by atoms with Crippen LogP contribution in [0, 0.1) is 5.92 Å². The molecule has 154 valence electrons. The summed E-state index contributed by atoms with van der Waals surface area (Å²) in [5.41, 5.74) is 3.99. The van der Waals surface area contributed by atoms with E-state index in [4.69, 9.17) is 9.47 Å². The van der Waals surface area contributed by atoms with Gasteiger partial charge in [0.05, 0.1) is 19.1 Å². The largest absolute Gasteiger partial charge is 0.466 e. The van der Waals surface area contributed by atoms with E-state index < -0.39 is 11.7 Å². The molecule has 0 bridgehead atoms. The Hall–Kier alpha value is -2.57. The maximum atomic E-state index is 12.8. The van der Waals surface area contributed by atoms with Crippen molar-refractivity contribution < 1.29 is 23.9 Å². The molecule has 0 spiro atoms. The highest BCUT2D eigenvalue weighted by Crippen LogP contribution is 2.34. The smallest absolute Gasteiger partial charge is 0.429 e. The number of rotatable bonds is 5. The van der Waals surface area contributed by atoms with Crippen molar-refractivity contribution >= 4 is 18.0 Å². The summed E-state index contributed by atoms with van der Waals surface area (Å²) in [7, 11) is 0. The fourth-order valence-electron chi connectivity index (χ4n) is 3.43.